The van der Waals surface area contributed by atoms with Crippen molar-refractivity contribution in [3.05, 3.63) is 104 Å². The van der Waals surface area contributed by atoms with E-state index in [0.29, 0.717) is 31.8 Å². The highest BCUT2D eigenvalue weighted by molar-refractivity contribution is 6.36. The molecule has 1 spiro atoms. The second-order valence-electron chi connectivity index (χ2n) is 11.2. The lowest BCUT2D eigenvalue weighted by Gasteiger charge is -2.38. The van der Waals surface area contributed by atoms with Crippen LogP contribution in [0.15, 0.2) is 66.7 Å². The SMILES string of the molecule is CC(C)(C)C(=O)[C@H]1[C@H](c2ccc(Cl)cc2Cl)C2(C(=O)c3ccccc3C2=O)C2C=Cc3cc(Cl)ccc3N21. The fourth-order valence-electron chi connectivity index (χ4n) is 6.49. The molecule has 1 saturated heterocycles. The number of carbonyl (C=O) groups excluding carboxylic acids is 3. The molecule has 3 aromatic rings. The molecule has 0 saturated carbocycles. The molecular formula is C31H24Cl3NO3. The molecule has 3 aliphatic rings. The van der Waals surface area contributed by atoms with E-state index in [2.05, 4.69) is 0 Å². The Hall–Kier alpha value is -2.92. The molecule has 2 aliphatic heterocycles. The second kappa shape index (κ2) is 8.54. The Morgan fingerprint density at radius 3 is 2.08 bits per heavy atom. The minimum absolute atomic E-state index is 0.0943. The molecule has 0 amide bonds. The maximum absolute atomic E-state index is 14.5. The summed E-state index contributed by atoms with van der Waals surface area (Å²) < 4.78 is 0. The van der Waals surface area contributed by atoms with Gasteiger partial charge in [-0.15, -0.1) is 0 Å². The lowest BCUT2D eigenvalue weighted by molar-refractivity contribution is -0.127. The number of rotatable bonds is 2. The summed E-state index contributed by atoms with van der Waals surface area (Å²) in [5.74, 6) is -1.54. The summed E-state index contributed by atoms with van der Waals surface area (Å²) in [5.41, 5.74) is 0.468. The molecule has 4 nitrogen and oxygen atoms in total. The van der Waals surface area contributed by atoms with Crippen molar-refractivity contribution in [2.75, 3.05) is 4.90 Å². The maximum Gasteiger partial charge on any atom is 0.180 e. The fraction of sp³-hybridized carbons (Fsp3) is 0.258. The van der Waals surface area contributed by atoms with Gasteiger partial charge in [-0.05, 0) is 41.5 Å². The van der Waals surface area contributed by atoms with Gasteiger partial charge in [-0.3, -0.25) is 14.4 Å². The standard InChI is InChI=1S/C31H24Cl3NO3/c1-30(2,3)29(38)26-25(21-11-9-18(33)15-22(21)34)31(27(36)19-6-4-5-7-20(19)28(31)37)24-13-8-16-14-17(32)10-12-23(16)35(24)26/h4-15,24-26H,1-3H3/t24?,25-,26+/m0/s1. The van der Waals surface area contributed by atoms with E-state index in [1.165, 1.54) is 0 Å². The fourth-order valence-corrected chi connectivity index (χ4v) is 7.20. The van der Waals surface area contributed by atoms with E-state index in [1.807, 2.05) is 50.0 Å². The van der Waals surface area contributed by atoms with Crippen LogP contribution in [0, 0.1) is 10.8 Å². The van der Waals surface area contributed by atoms with Crippen LogP contribution < -0.4 is 4.90 Å². The van der Waals surface area contributed by atoms with Crippen LogP contribution in [-0.2, 0) is 4.79 Å². The van der Waals surface area contributed by atoms with Crippen LogP contribution in [-0.4, -0.2) is 29.4 Å². The first kappa shape index (κ1) is 25.4. The van der Waals surface area contributed by atoms with Gasteiger partial charge in [-0.2, -0.15) is 0 Å². The zero-order chi connectivity index (χ0) is 27.1. The molecule has 192 valence electrons. The molecule has 3 aromatic carbocycles. The number of carbonyl (C=O) groups is 3. The van der Waals surface area contributed by atoms with Crippen LogP contribution in [0.4, 0.5) is 5.69 Å². The number of nitrogens with zero attached hydrogens (tertiary/aromatic N) is 1. The van der Waals surface area contributed by atoms with Gasteiger partial charge in [0, 0.05) is 43.2 Å². The normalized spacial score (nSPS) is 23.0. The van der Waals surface area contributed by atoms with Crippen molar-refractivity contribution in [2.24, 2.45) is 10.8 Å². The Balaban J connectivity index is 1.72. The van der Waals surface area contributed by atoms with Gasteiger partial charge in [0.1, 0.15) is 5.41 Å². The number of benzene rings is 3. The quantitative estimate of drug-likeness (QED) is 0.299. The Morgan fingerprint density at radius 1 is 0.868 bits per heavy atom. The molecule has 1 fully saturated rings. The number of hydrogen-bond acceptors (Lipinski definition) is 4. The number of halogens is 3. The predicted molar refractivity (Wildman–Crippen MR) is 152 cm³/mol. The molecule has 0 radical (unpaired) electrons. The number of hydrogen-bond donors (Lipinski definition) is 0. The first-order chi connectivity index (χ1) is 18.0. The van der Waals surface area contributed by atoms with Gasteiger partial charge in [0.2, 0.25) is 0 Å². The van der Waals surface area contributed by atoms with E-state index in [9.17, 15) is 14.4 Å². The summed E-state index contributed by atoms with van der Waals surface area (Å²) in [4.78, 5) is 45.5. The highest BCUT2D eigenvalue weighted by atomic mass is 35.5. The van der Waals surface area contributed by atoms with Crippen LogP contribution in [0.5, 0.6) is 0 Å². The van der Waals surface area contributed by atoms with Crippen molar-refractivity contribution < 1.29 is 14.4 Å². The molecule has 7 heteroatoms. The van der Waals surface area contributed by atoms with Crippen molar-refractivity contribution in [1.29, 1.82) is 0 Å². The molecule has 1 aliphatic carbocycles. The molecule has 3 atom stereocenters. The molecule has 38 heavy (non-hydrogen) atoms. The van der Waals surface area contributed by atoms with E-state index in [-0.39, 0.29) is 17.3 Å². The summed E-state index contributed by atoms with van der Waals surface area (Å²) in [6.07, 6.45) is 3.76. The van der Waals surface area contributed by atoms with Crippen molar-refractivity contribution in [3.8, 4) is 0 Å². The summed E-state index contributed by atoms with van der Waals surface area (Å²) in [6.45, 7) is 5.56. The van der Waals surface area contributed by atoms with Gasteiger partial charge in [0.15, 0.2) is 17.3 Å². The third kappa shape index (κ3) is 3.33. The van der Waals surface area contributed by atoms with Crippen molar-refractivity contribution in [3.63, 3.8) is 0 Å². The number of ketones is 3. The molecule has 0 bridgehead atoms. The Kier molecular flexibility index (Phi) is 5.70. The molecular weight excluding hydrogens is 541 g/mol. The number of Topliss-reactive ketones (excluding diaryl/α,β-unsaturated/α-hetero) is 3. The van der Waals surface area contributed by atoms with Gasteiger partial charge >= 0.3 is 0 Å². The lowest BCUT2D eigenvalue weighted by Crippen LogP contribution is -2.49. The monoisotopic (exact) mass is 563 g/mol. The summed E-state index contributed by atoms with van der Waals surface area (Å²) in [6, 6.07) is 15.8. The zero-order valence-electron chi connectivity index (χ0n) is 21.0. The van der Waals surface area contributed by atoms with E-state index in [1.54, 1.807) is 48.5 Å². The number of anilines is 1. The van der Waals surface area contributed by atoms with Gasteiger partial charge < -0.3 is 4.90 Å². The Labute approximate surface area is 236 Å². The third-order valence-electron chi connectivity index (χ3n) is 8.07. The summed E-state index contributed by atoms with van der Waals surface area (Å²) >= 11 is 19.4. The van der Waals surface area contributed by atoms with Gasteiger partial charge in [0.25, 0.3) is 0 Å². The highest BCUT2D eigenvalue weighted by Gasteiger charge is 2.72. The predicted octanol–water partition coefficient (Wildman–Crippen LogP) is 7.70. The molecule has 1 unspecified atom stereocenters. The largest absolute Gasteiger partial charge is 0.352 e. The van der Waals surface area contributed by atoms with Crippen LogP contribution in [0.25, 0.3) is 6.08 Å². The van der Waals surface area contributed by atoms with Crippen LogP contribution in [0.1, 0.15) is 58.5 Å². The van der Waals surface area contributed by atoms with Crippen LogP contribution in [0.2, 0.25) is 15.1 Å². The van der Waals surface area contributed by atoms with E-state index in [0.717, 1.165) is 11.3 Å². The van der Waals surface area contributed by atoms with E-state index in [4.69, 9.17) is 34.8 Å². The summed E-state index contributed by atoms with van der Waals surface area (Å²) in [5, 5.41) is 1.29. The van der Waals surface area contributed by atoms with Gasteiger partial charge in [-0.1, -0.05) is 98.1 Å². The first-order valence-electron chi connectivity index (χ1n) is 12.4. The smallest absolute Gasteiger partial charge is 0.180 e. The number of fused-ring (bicyclic) bond motifs is 5. The van der Waals surface area contributed by atoms with E-state index >= 15 is 0 Å². The van der Waals surface area contributed by atoms with E-state index < -0.39 is 28.8 Å². The minimum Gasteiger partial charge on any atom is -0.352 e. The van der Waals surface area contributed by atoms with Crippen LogP contribution >= 0.6 is 34.8 Å². The van der Waals surface area contributed by atoms with Gasteiger partial charge in [-0.25, -0.2) is 0 Å². The molecule has 0 N–H and O–H groups in total. The first-order valence-corrected chi connectivity index (χ1v) is 13.6. The molecule has 6 rings (SSSR count). The molecule has 0 aromatic heterocycles. The molecule has 2 heterocycles. The summed E-state index contributed by atoms with van der Waals surface area (Å²) in [7, 11) is 0. The lowest BCUT2D eigenvalue weighted by atomic mass is 9.63. The van der Waals surface area contributed by atoms with Crippen molar-refractivity contribution in [1.82, 2.24) is 0 Å². The van der Waals surface area contributed by atoms with Crippen LogP contribution in [0.3, 0.4) is 0 Å². The minimum atomic E-state index is -1.60. The average molecular weight is 565 g/mol. The zero-order valence-corrected chi connectivity index (χ0v) is 23.2. The topological polar surface area (TPSA) is 54.5 Å². The average Bonchev–Trinajstić information content (AvgIpc) is 3.29. The van der Waals surface area contributed by atoms with Crippen molar-refractivity contribution >= 4 is 63.9 Å². The Bertz CT molecular complexity index is 1550. The van der Waals surface area contributed by atoms with Gasteiger partial charge in [0.05, 0.1) is 12.1 Å². The second-order valence-corrected chi connectivity index (χ2v) is 12.5. The van der Waals surface area contributed by atoms with Crippen molar-refractivity contribution in [2.45, 2.75) is 38.8 Å². The third-order valence-corrected chi connectivity index (χ3v) is 8.87. The Morgan fingerprint density at radius 2 is 1.47 bits per heavy atom. The highest BCUT2D eigenvalue weighted by Crippen LogP contribution is 2.62. The maximum atomic E-state index is 14.5.